The average Bonchev–Trinajstić information content (AvgIpc) is 3.21. The van der Waals surface area contributed by atoms with Crippen LogP contribution < -0.4 is 14.2 Å². The number of halogens is 3. The summed E-state index contributed by atoms with van der Waals surface area (Å²) in [6.45, 7) is 11.3. The van der Waals surface area contributed by atoms with Crippen LogP contribution in [0.3, 0.4) is 0 Å². The average molecular weight is 615 g/mol. The maximum absolute atomic E-state index is 13.2. The molecule has 1 aliphatic rings. The van der Waals surface area contributed by atoms with Gasteiger partial charge in [0.1, 0.15) is 11.1 Å². The number of nitrogens with zero attached hydrogens (tertiary/aromatic N) is 3. The van der Waals surface area contributed by atoms with Gasteiger partial charge in [-0.2, -0.15) is 26.7 Å². The smallest absolute Gasteiger partial charge is 0.497 e. The number of aromatic nitrogens is 3. The van der Waals surface area contributed by atoms with Crippen molar-refractivity contribution in [2.45, 2.75) is 88.8 Å². The van der Waals surface area contributed by atoms with E-state index in [1.165, 1.54) is 10.9 Å². The first-order valence-electron chi connectivity index (χ1n) is 13.4. The van der Waals surface area contributed by atoms with Crippen molar-refractivity contribution >= 4 is 35.3 Å². The van der Waals surface area contributed by atoms with Gasteiger partial charge in [-0.25, -0.2) is 9.67 Å². The van der Waals surface area contributed by atoms with Crippen LogP contribution in [-0.2, 0) is 21.1 Å². The molecule has 0 atom stereocenters. The maximum Gasteiger partial charge on any atom is 0.534 e. The van der Waals surface area contributed by atoms with Gasteiger partial charge in [0.15, 0.2) is 25.5 Å². The standard InChI is InChI=1S/C27H37F3N4O5SSi/c1-26(2,3)41(5,6)39-21-13-9-19(10-14-21)32-24-23-22(38-40(35,36)27(28,29)30)15-16-31-25(23)34(33-24)17-18-7-11-20(37-4)12-8-18/h7-8,11-12,15-16,19,21H,9-10,13-14,17H2,1-6H3,(H,32,33). The lowest BCUT2D eigenvalue weighted by molar-refractivity contribution is -0.0499. The molecule has 0 aliphatic heterocycles. The molecule has 1 aromatic carbocycles. The summed E-state index contributed by atoms with van der Waals surface area (Å²) >= 11 is 0. The predicted molar refractivity (Wildman–Crippen MR) is 153 cm³/mol. The van der Waals surface area contributed by atoms with Gasteiger partial charge in [0.25, 0.3) is 0 Å². The van der Waals surface area contributed by atoms with Crippen LogP contribution in [0.2, 0.25) is 18.1 Å². The SMILES string of the molecule is COc1ccc(Cn2nc(NC3CCC(O[Si](C)(C)C(C)(C)C)CC3)c3c(OS(=O)(=O)C(F)(F)F)ccnc32)cc1. The molecule has 2 aromatic heterocycles. The first kappa shape index (κ1) is 31.1. The highest BCUT2D eigenvalue weighted by Crippen LogP contribution is 2.40. The Balaban J connectivity index is 1.62. The second kappa shape index (κ2) is 11.4. The summed E-state index contributed by atoms with van der Waals surface area (Å²) in [4.78, 5) is 4.32. The molecule has 226 valence electrons. The van der Waals surface area contributed by atoms with E-state index in [1.807, 2.05) is 12.1 Å². The number of hydrogen-bond donors (Lipinski definition) is 1. The highest BCUT2D eigenvalue weighted by molar-refractivity contribution is 7.88. The number of fused-ring (bicyclic) bond motifs is 1. The van der Waals surface area contributed by atoms with Crippen LogP contribution in [0.4, 0.5) is 19.0 Å². The third kappa shape index (κ3) is 6.97. The van der Waals surface area contributed by atoms with E-state index in [-0.39, 0.29) is 40.6 Å². The summed E-state index contributed by atoms with van der Waals surface area (Å²) in [5.41, 5.74) is -4.56. The number of methoxy groups -OCH3 is 1. The molecule has 0 amide bonds. The third-order valence-corrected chi connectivity index (χ3v) is 13.4. The van der Waals surface area contributed by atoms with E-state index < -0.39 is 29.7 Å². The van der Waals surface area contributed by atoms with Crippen LogP contribution in [0, 0.1) is 0 Å². The van der Waals surface area contributed by atoms with E-state index in [1.54, 1.807) is 19.2 Å². The lowest BCUT2D eigenvalue weighted by Crippen LogP contribution is -2.45. The number of ether oxygens (including phenoxy) is 1. The van der Waals surface area contributed by atoms with Crippen molar-refractivity contribution < 1.29 is 34.9 Å². The molecule has 0 unspecified atom stereocenters. The molecular formula is C27H37F3N4O5SSi. The van der Waals surface area contributed by atoms with Crippen LogP contribution >= 0.6 is 0 Å². The van der Waals surface area contributed by atoms with E-state index in [0.717, 1.165) is 37.3 Å². The van der Waals surface area contributed by atoms with Gasteiger partial charge < -0.3 is 18.7 Å². The Labute approximate surface area is 239 Å². The van der Waals surface area contributed by atoms with Gasteiger partial charge in [-0.05, 0) is 61.5 Å². The maximum atomic E-state index is 13.2. The molecule has 9 nitrogen and oxygen atoms in total. The predicted octanol–water partition coefficient (Wildman–Crippen LogP) is 6.46. The van der Waals surface area contributed by atoms with Gasteiger partial charge in [-0.1, -0.05) is 32.9 Å². The van der Waals surface area contributed by atoms with Crippen molar-refractivity contribution in [3.05, 3.63) is 42.1 Å². The fourth-order valence-corrected chi connectivity index (χ4v) is 6.42. The number of anilines is 1. The molecule has 0 bridgehead atoms. The van der Waals surface area contributed by atoms with Gasteiger partial charge in [0.2, 0.25) is 0 Å². The lowest BCUT2D eigenvalue weighted by Gasteiger charge is -2.41. The molecule has 1 fully saturated rings. The van der Waals surface area contributed by atoms with Gasteiger partial charge in [0, 0.05) is 24.4 Å². The van der Waals surface area contributed by atoms with Gasteiger partial charge in [-0.15, -0.1) is 0 Å². The van der Waals surface area contributed by atoms with Crippen LogP contribution in [0.1, 0.15) is 52.0 Å². The zero-order chi connectivity index (χ0) is 30.2. The first-order valence-corrected chi connectivity index (χ1v) is 17.8. The molecule has 1 aliphatic carbocycles. The van der Waals surface area contributed by atoms with Crippen molar-refractivity contribution in [2.24, 2.45) is 0 Å². The Hall–Kier alpha value is -2.84. The fourth-order valence-electron chi connectivity index (χ4n) is 4.53. The van der Waals surface area contributed by atoms with E-state index in [2.05, 4.69) is 53.4 Å². The van der Waals surface area contributed by atoms with Crippen LogP contribution in [0.5, 0.6) is 11.5 Å². The number of pyridine rings is 1. The molecule has 1 saturated carbocycles. The number of rotatable bonds is 9. The molecule has 0 radical (unpaired) electrons. The van der Waals surface area contributed by atoms with Crippen LogP contribution in [0.15, 0.2) is 36.5 Å². The molecular weight excluding hydrogens is 577 g/mol. The lowest BCUT2D eigenvalue weighted by atomic mass is 9.93. The fraction of sp³-hybridized carbons (Fsp3) is 0.556. The molecule has 0 saturated heterocycles. The minimum atomic E-state index is -5.91. The van der Waals surface area contributed by atoms with Crippen molar-refractivity contribution in [1.82, 2.24) is 14.8 Å². The van der Waals surface area contributed by atoms with Gasteiger partial charge in [-0.3, -0.25) is 0 Å². The minimum Gasteiger partial charge on any atom is -0.497 e. The Morgan fingerprint density at radius 1 is 1.05 bits per heavy atom. The van der Waals surface area contributed by atoms with Gasteiger partial charge in [0.05, 0.1) is 13.7 Å². The highest BCUT2D eigenvalue weighted by Gasteiger charge is 2.49. The van der Waals surface area contributed by atoms with Crippen molar-refractivity contribution in [1.29, 1.82) is 0 Å². The van der Waals surface area contributed by atoms with E-state index >= 15 is 0 Å². The summed E-state index contributed by atoms with van der Waals surface area (Å²) < 4.78 is 81.3. The van der Waals surface area contributed by atoms with Crippen molar-refractivity contribution in [2.75, 3.05) is 12.4 Å². The molecule has 14 heteroatoms. The molecule has 1 N–H and O–H groups in total. The summed E-state index contributed by atoms with van der Waals surface area (Å²) in [6, 6.07) is 8.27. The normalized spacial score (nSPS) is 18.9. The molecule has 0 spiro atoms. The molecule has 3 aromatic rings. The summed E-state index contributed by atoms with van der Waals surface area (Å²) in [7, 11) is -6.28. The Morgan fingerprint density at radius 2 is 1.68 bits per heavy atom. The summed E-state index contributed by atoms with van der Waals surface area (Å²) in [5, 5.41) is 8.11. The molecule has 4 rings (SSSR count). The minimum absolute atomic E-state index is 0.0471. The van der Waals surface area contributed by atoms with E-state index in [0.29, 0.717) is 5.75 Å². The first-order chi connectivity index (χ1) is 19.0. The van der Waals surface area contributed by atoms with Crippen molar-refractivity contribution in [3.63, 3.8) is 0 Å². The Kier molecular flexibility index (Phi) is 8.68. The Bertz CT molecular complexity index is 1460. The van der Waals surface area contributed by atoms with Crippen LogP contribution in [0.25, 0.3) is 11.0 Å². The highest BCUT2D eigenvalue weighted by atomic mass is 32.2. The second-order valence-corrected chi connectivity index (χ2v) is 18.1. The number of benzene rings is 1. The second-order valence-electron chi connectivity index (χ2n) is 11.8. The topological polar surface area (TPSA) is 105 Å². The molecule has 41 heavy (non-hydrogen) atoms. The molecule has 2 heterocycles. The number of alkyl halides is 3. The summed E-state index contributed by atoms with van der Waals surface area (Å²) in [6.07, 6.45) is 4.48. The van der Waals surface area contributed by atoms with Crippen LogP contribution in [-0.4, -0.2) is 56.3 Å². The quantitative estimate of drug-likeness (QED) is 0.166. The zero-order valence-electron chi connectivity index (χ0n) is 24.1. The summed E-state index contributed by atoms with van der Waals surface area (Å²) in [5.74, 6) is 0.384. The zero-order valence-corrected chi connectivity index (χ0v) is 25.9. The van der Waals surface area contributed by atoms with E-state index in [9.17, 15) is 21.6 Å². The third-order valence-electron chi connectivity index (χ3n) is 7.85. The largest absolute Gasteiger partial charge is 0.534 e. The Morgan fingerprint density at radius 3 is 2.24 bits per heavy atom. The number of nitrogens with one attached hydrogen (secondary N) is 1. The van der Waals surface area contributed by atoms with Gasteiger partial charge >= 0.3 is 15.6 Å². The number of hydrogen-bond acceptors (Lipinski definition) is 8. The van der Waals surface area contributed by atoms with E-state index in [4.69, 9.17) is 9.16 Å². The van der Waals surface area contributed by atoms with Crippen molar-refractivity contribution in [3.8, 4) is 11.5 Å². The monoisotopic (exact) mass is 614 g/mol.